The van der Waals surface area contributed by atoms with Crippen LogP contribution in [0, 0.1) is 6.92 Å². The van der Waals surface area contributed by atoms with Crippen molar-refractivity contribution in [2.45, 2.75) is 44.9 Å². The molecule has 0 aliphatic carbocycles. The van der Waals surface area contributed by atoms with Crippen LogP contribution in [0.5, 0.6) is 0 Å². The van der Waals surface area contributed by atoms with Gasteiger partial charge in [0.2, 0.25) is 11.8 Å². The molecule has 6 nitrogen and oxygen atoms in total. The fraction of sp³-hybridized carbons (Fsp3) is 0.529. The van der Waals surface area contributed by atoms with Gasteiger partial charge in [-0.2, -0.15) is 4.98 Å². The smallest absolute Gasteiger partial charge is 0.223 e. The lowest BCUT2D eigenvalue weighted by Crippen LogP contribution is -2.39. The highest BCUT2D eigenvalue weighted by Crippen LogP contribution is 2.25. The van der Waals surface area contributed by atoms with Gasteiger partial charge in [-0.3, -0.25) is 9.78 Å². The largest absolute Gasteiger partial charge is 0.342 e. The van der Waals surface area contributed by atoms with Crippen LogP contribution in [0.15, 0.2) is 28.9 Å². The minimum absolute atomic E-state index is 0.195. The standard InChI is InChI=1S/C17H22N4O2/c1-13-19-17(20-23-13)14-6-5-11-21(12-14)16(22)9-4-8-15-7-2-3-10-18-15/h2-3,7,10,14H,4-6,8-9,11-12H2,1H3. The number of pyridine rings is 1. The molecule has 0 N–H and O–H groups in total. The number of hydrogen-bond acceptors (Lipinski definition) is 5. The normalized spacial score (nSPS) is 18.1. The lowest BCUT2D eigenvalue weighted by Gasteiger charge is -2.31. The van der Waals surface area contributed by atoms with Gasteiger partial charge in [0.15, 0.2) is 5.82 Å². The fourth-order valence-corrected chi connectivity index (χ4v) is 3.02. The maximum Gasteiger partial charge on any atom is 0.223 e. The highest BCUT2D eigenvalue weighted by atomic mass is 16.5. The van der Waals surface area contributed by atoms with E-state index in [1.165, 1.54) is 0 Å². The summed E-state index contributed by atoms with van der Waals surface area (Å²) < 4.78 is 5.06. The highest BCUT2D eigenvalue weighted by molar-refractivity contribution is 5.76. The Bertz CT molecular complexity index is 641. The van der Waals surface area contributed by atoms with E-state index in [2.05, 4.69) is 15.1 Å². The Morgan fingerprint density at radius 1 is 1.43 bits per heavy atom. The average molecular weight is 314 g/mol. The van der Waals surface area contributed by atoms with Gasteiger partial charge in [-0.1, -0.05) is 11.2 Å². The molecule has 3 heterocycles. The fourth-order valence-electron chi connectivity index (χ4n) is 3.02. The molecule has 0 saturated carbocycles. The van der Waals surface area contributed by atoms with Crippen LogP contribution >= 0.6 is 0 Å². The number of aromatic nitrogens is 3. The summed E-state index contributed by atoms with van der Waals surface area (Å²) in [5.41, 5.74) is 1.04. The second-order valence-electron chi connectivity index (χ2n) is 6.03. The van der Waals surface area contributed by atoms with Gasteiger partial charge >= 0.3 is 0 Å². The summed E-state index contributed by atoms with van der Waals surface area (Å²) in [6.45, 7) is 3.32. The van der Waals surface area contributed by atoms with Gasteiger partial charge in [0.25, 0.3) is 0 Å². The first-order valence-electron chi connectivity index (χ1n) is 8.20. The number of rotatable bonds is 5. The van der Waals surface area contributed by atoms with Crippen LogP contribution in [0.2, 0.25) is 0 Å². The van der Waals surface area contributed by atoms with E-state index in [1.54, 1.807) is 13.1 Å². The van der Waals surface area contributed by atoms with Gasteiger partial charge in [0, 0.05) is 44.2 Å². The summed E-state index contributed by atoms with van der Waals surface area (Å²) in [5, 5.41) is 4.00. The van der Waals surface area contributed by atoms with E-state index in [-0.39, 0.29) is 11.8 Å². The zero-order chi connectivity index (χ0) is 16.1. The zero-order valence-corrected chi connectivity index (χ0v) is 13.4. The molecule has 1 aliphatic heterocycles. The van der Waals surface area contributed by atoms with E-state index in [9.17, 15) is 4.79 Å². The van der Waals surface area contributed by atoms with Crippen molar-refractivity contribution in [3.05, 3.63) is 41.8 Å². The van der Waals surface area contributed by atoms with Crippen molar-refractivity contribution < 1.29 is 9.32 Å². The average Bonchev–Trinajstić information content (AvgIpc) is 3.02. The molecular weight excluding hydrogens is 292 g/mol. The lowest BCUT2D eigenvalue weighted by atomic mass is 9.97. The molecule has 0 spiro atoms. The van der Waals surface area contributed by atoms with E-state index >= 15 is 0 Å². The first-order chi connectivity index (χ1) is 11.2. The number of nitrogens with zero attached hydrogens (tertiary/aromatic N) is 4. The Balaban J connectivity index is 1.49. The number of hydrogen-bond donors (Lipinski definition) is 0. The Hall–Kier alpha value is -2.24. The van der Waals surface area contributed by atoms with Crippen LogP contribution in [-0.2, 0) is 11.2 Å². The molecule has 2 aromatic rings. The molecule has 0 bridgehead atoms. The van der Waals surface area contributed by atoms with Crippen LogP contribution in [0.1, 0.15) is 49.0 Å². The molecule has 0 aromatic carbocycles. The minimum Gasteiger partial charge on any atom is -0.342 e. The predicted molar refractivity (Wildman–Crippen MR) is 84.8 cm³/mol. The van der Waals surface area contributed by atoms with Gasteiger partial charge in [0.05, 0.1) is 0 Å². The number of likely N-dealkylation sites (tertiary alicyclic amines) is 1. The number of carbonyl (C=O) groups is 1. The van der Waals surface area contributed by atoms with Crippen LogP contribution in [0.4, 0.5) is 0 Å². The summed E-state index contributed by atoms with van der Waals surface area (Å²) in [4.78, 5) is 23.0. The maximum absolute atomic E-state index is 12.4. The Kier molecular flexibility index (Phi) is 5.00. The van der Waals surface area contributed by atoms with Crippen molar-refractivity contribution in [3.8, 4) is 0 Å². The molecule has 1 saturated heterocycles. The van der Waals surface area contributed by atoms with Gasteiger partial charge in [0.1, 0.15) is 0 Å². The van der Waals surface area contributed by atoms with E-state index in [0.29, 0.717) is 18.9 Å². The summed E-state index contributed by atoms with van der Waals surface area (Å²) in [6, 6.07) is 5.88. The SMILES string of the molecule is Cc1nc(C2CCCN(C(=O)CCCc3ccccn3)C2)no1. The Morgan fingerprint density at radius 2 is 2.35 bits per heavy atom. The summed E-state index contributed by atoms with van der Waals surface area (Å²) >= 11 is 0. The van der Waals surface area contributed by atoms with Gasteiger partial charge < -0.3 is 9.42 Å². The van der Waals surface area contributed by atoms with Crippen LogP contribution in [-0.4, -0.2) is 39.0 Å². The van der Waals surface area contributed by atoms with Gasteiger partial charge in [-0.15, -0.1) is 0 Å². The second kappa shape index (κ2) is 7.35. The summed E-state index contributed by atoms with van der Waals surface area (Å²) in [5.74, 6) is 1.72. The molecule has 122 valence electrons. The van der Waals surface area contributed by atoms with E-state index in [4.69, 9.17) is 4.52 Å². The molecule has 3 rings (SSSR count). The van der Waals surface area contributed by atoms with Crippen LogP contribution < -0.4 is 0 Å². The van der Waals surface area contributed by atoms with Crippen molar-refractivity contribution in [2.24, 2.45) is 0 Å². The highest BCUT2D eigenvalue weighted by Gasteiger charge is 2.27. The molecule has 0 radical (unpaired) electrons. The number of amides is 1. The van der Waals surface area contributed by atoms with Gasteiger partial charge in [-0.05, 0) is 37.8 Å². The Morgan fingerprint density at radius 3 is 3.09 bits per heavy atom. The molecule has 6 heteroatoms. The first-order valence-corrected chi connectivity index (χ1v) is 8.20. The van der Waals surface area contributed by atoms with Crippen LogP contribution in [0.25, 0.3) is 0 Å². The van der Waals surface area contributed by atoms with E-state index in [0.717, 1.165) is 43.7 Å². The summed E-state index contributed by atoms with van der Waals surface area (Å²) in [7, 11) is 0. The number of aryl methyl sites for hydroxylation is 2. The maximum atomic E-state index is 12.4. The Labute approximate surface area is 135 Å². The quantitative estimate of drug-likeness (QED) is 0.848. The predicted octanol–water partition coefficient (Wildman–Crippen LogP) is 2.50. The minimum atomic E-state index is 0.195. The third-order valence-corrected chi connectivity index (χ3v) is 4.23. The first kappa shape index (κ1) is 15.6. The molecular formula is C17H22N4O2. The summed E-state index contributed by atoms with van der Waals surface area (Å²) in [6.07, 6.45) is 6.03. The molecule has 1 fully saturated rings. The van der Waals surface area contributed by atoms with Crippen molar-refractivity contribution in [2.75, 3.05) is 13.1 Å². The third kappa shape index (κ3) is 4.15. The third-order valence-electron chi connectivity index (χ3n) is 4.23. The monoisotopic (exact) mass is 314 g/mol. The number of piperidine rings is 1. The van der Waals surface area contributed by atoms with E-state index in [1.807, 2.05) is 23.1 Å². The second-order valence-corrected chi connectivity index (χ2v) is 6.03. The van der Waals surface area contributed by atoms with Crippen molar-refractivity contribution in [1.29, 1.82) is 0 Å². The van der Waals surface area contributed by atoms with Gasteiger partial charge in [-0.25, -0.2) is 0 Å². The van der Waals surface area contributed by atoms with Crippen molar-refractivity contribution in [3.63, 3.8) is 0 Å². The molecule has 2 aromatic heterocycles. The zero-order valence-electron chi connectivity index (χ0n) is 13.4. The lowest BCUT2D eigenvalue weighted by molar-refractivity contribution is -0.132. The number of carbonyl (C=O) groups excluding carboxylic acids is 1. The molecule has 1 unspecified atom stereocenters. The van der Waals surface area contributed by atoms with Crippen molar-refractivity contribution in [1.82, 2.24) is 20.0 Å². The molecule has 23 heavy (non-hydrogen) atoms. The topological polar surface area (TPSA) is 72.1 Å². The molecule has 1 amide bonds. The molecule has 1 aliphatic rings. The van der Waals surface area contributed by atoms with Crippen molar-refractivity contribution >= 4 is 5.91 Å². The molecule has 1 atom stereocenters. The van der Waals surface area contributed by atoms with Crippen LogP contribution in [0.3, 0.4) is 0 Å². The van der Waals surface area contributed by atoms with E-state index < -0.39 is 0 Å².